The first-order chi connectivity index (χ1) is 7.06. The highest BCUT2D eigenvalue weighted by Gasteiger charge is 2.00. The minimum atomic E-state index is 0.713. The average molecular weight is 216 g/mol. The number of rotatable bonds is 6. The molecule has 0 spiro atoms. The van der Waals surface area contributed by atoms with Crippen LogP contribution in [0.25, 0.3) is 0 Å². The van der Waals surface area contributed by atoms with Gasteiger partial charge in [-0.25, -0.2) is 0 Å². The Bertz CT molecular complexity index is 99.6. The maximum Gasteiger partial charge on any atom is 0.00383 e. The summed E-state index contributed by atoms with van der Waals surface area (Å²) in [5, 5.41) is 0. The molecule has 94 valence electrons. The van der Waals surface area contributed by atoms with Gasteiger partial charge in [0.15, 0.2) is 0 Å². The number of hydrogen-bond donors (Lipinski definition) is 0. The van der Waals surface area contributed by atoms with Crippen molar-refractivity contribution in [2.45, 2.75) is 54.5 Å². The van der Waals surface area contributed by atoms with Crippen molar-refractivity contribution in [2.24, 2.45) is 0 Å². The lowest BCUT2D eigenvalue weighted by atomic mass is 10.3. The summed E-state index contributed by atoms with van der Waals surface area (Å²) in [4.78, 5) is 4.79. The third kappa shape index (κ3) is 10.2. The highest BCUT2D eigenvalue weighted by molar-refractivity contribution is 4.56. The Morgan fingerprint density at radius 3 is 1.00 bits per heavy atom. The Kier molecular flexibility index (Phi) is 13.8. The van der Waals surface area contributed by atoms with Crippen molar-refractivity contribution in [3.05, 3.63) is 0 Å². The Hall–Kier alpha value is -0.0800. The third-order valence-corrected chi connectivity index (χ3v) is 2.88. The molecular weight excluding hydrogens is 184 g/mol. The zero-order valence-corrected chi connectivity index (χ0v) is 12.0. The first-order valence-electron chi connectivity index (χ1n) is 6.53. The van der Waals surface area contributed by atoms with Crippen molar-refractivity contribution in [3.8, 4) is 0 Å². The topological polar surface area (TPSA) is 6.48 Å². The lowest BCUT2D eigenvalue weighted by molar-refractivity contribution is 0.246. The first kappa shape index (κ1) is 17.3. The van der Waals surface area contributed by atoms with E-state index in [4.69, 9.17) is 0 Å². The summed E-state index contributed by atoms with van der Waals surface area (Å²) in [7, 11) is 0. The molecule has 0 aromatic heterocycles. The summed E-state index contributed by atoms with van der Waals surface area (Å²) >= 11 is 0. The fraction of sp³-hybridized carbons (Fsp3) is 1.00. The second kappa shape index (κ2) is 12.0. The maximum atomic E-state index is 2.42. The molecule has 0 aliphatic heterocycles. The highest BCUT2D eigenvalue weighted by Crippen LogP contribution is 1.94. The van der Waals surface area contributed by atoms with E-state index in [0.29, 0.717) is 6.04 Å². The minimum Gasteiger partial charge on any atom is -0.304 e. The van der Waals surface area contributed by atoms with E-state index in [-0.39, 0.29) is 0 Å². The molecule has 0 atom stereocenters. The molecule has 0 aliphatic carbocycles. The zero-order chi connectivity index (χ0) is 12.3. The zero-order valence-electron chi connectivity index (χ0n) is 12.0. The van der Waals surface area contributed by atoms with Gasteiger partial charge in [-0.1, -0.05) is 34.6 Å². The Morgan fingerprint density at radius 2 is 1.00 bits per heavy atom. The van der Waals surface area contributed by atoms with Gasteiger partial charge < -0.3 is 9.80 Å². The van der Waals surface area contributed by atoms with E-state index in [1.54, 1.807) is 0 Å². The highest BCUT2D eigenvalue weighted by atomic mass is 15.1. The van der Waals surface area contributed by atoms with E-state index in [9.17, 15) is 0 Å². The van der Waals surface area contributed by atoms with E-state index in [0.717, 1.165) is 0 Å². The van der Waals surface area contributed by atoms with Gasteiger partial charge in [-0.05, 0) is 46.6 Å². The fourth-order valence-electron chi connectivity index (χ4n) is 1.62. The van der Waals surface area contributed by atoms with Crippen molar-refractivity contribution in [3.63, 3.8) is 0 Å². The lowest BCUT2D eigenvalue weighted by Gasteiger charge is -2.21. The van der Waals surface area contributed by atoms with Gasteiger partial charge in [-0.15, -0.1) is 0 Å². The third-order valence-electron chi connectivity index (χ3n) is 2.88. The summed E-state index contributed by atoms with van der Waals surface area (Å²) in [6.07, 6.45) is 0. The van der Waals surface area contributed by atoms with Gasteiger partial charge in [0.25, 0.3) is 0 Å². The Labute approximate surface area is 97.6 Å². The van der Waals surface area contributed by atoms with Crippen LogP contribution in [0.1, 0.15) is 48.5 Å². The van der Waals surface area contributed by atoms with E-state index in [2.05, 4.69) is 58.3 Å². The van der Waals surface area contributed by atoms with Crippen molar-refractivity contribution in [1.82, 2.24) is 9.80 Å². The van der Waals surface area contributed by atoms with Gasteiger partial charge in [0.05, 0.1) is 0 Å². The molecule has 0 aliphatic rings. The van der Waals surface area contributed by atoms with Gasteiger partial charge in [-0.3, -0.25) is 0 Å². The van der Waals surface area contributed by atoms with Crippen LogP contribution in [-0.4, -0.2) is 48.6 Å². The molecule has 2 heteroatoms. The summed E-state index contributed by atoms with van der Waals surface area (Å²) in [6.45, 7) is 21.3. The molecule has 0 aromatic rings. The summed E-state index contributed by atoms with van der Waals surface area (Å²) in [5.41, 5.74) is 0. The molecule has 0 aromatic carbocycles. The van der Waals surface area contributed by atoms with Gasteiger partial charge >= 0.3 is 0 Å². The molecule has 0 saturated carbocycles. The molecule has 0 fully saturated rings. The predicted octanol–water partition coefficient (Wildman–Crippen LogP) is 3.08. The van der Waals surface area contributed by atoms with Gasteiger partial charge in [0.2, 0.25) is 0 Å². The van der Waals surface area contributed by atoms with Crippen LogP contribution in [-0.2, 0) is 0 Å². The van der Waals surface area contributed by atoms with Crippen LogP contribution in [0.5, 0.6) is 0 Å². The predicted molar refractivity (Wildman–Crippen MR) is 71.5 cm³/mol. The van der Waals surface area contributed by atoms with Crippen LogP contribution in [0.15, 0.2) is 0 Å². The van der Waals surface area contributed by atoms with E-state index >= 15 is 0 Å². The average Bonchev–Trinajstić information content (AvgIpc) is 2.22. The van der Waals surface area contributed by atoms with Crippen LogP contribution in [0.2, 0.25) is 0 Å². The normalized spacial score (nSPS) is 10.8. The van der Waals surface area contributed by atoms with Gasteiger partial charge in [0, 0.05) is 6.04 Å². The van der Waals surface area contributed by atoms with Crippen LogP contribution >= 0.6 is 0 Å². The molecule has 0 heterocycles. The molecular formula is C13H32N2. The van der Waals surface area contributed by atoms with Crippen LogP contribution < -0.4 is 0 Å². The van der Waals surface area contributed by atoms with Crippen molar-refractivity contribution in [2.75, 3.05) is 32.7 Å². The standard InChI is InChI=1S/C7H17N.C6H15N/c1-5-8(6-2)7(3)4;1-4-7(5-2)6-3/h7H,5-6H2,1-4H3;4-6H2,1-3H3. The molecule has 0 radical (unpaired) electrons. The summed E-state index contributed by atoms with van der Waals surface area (Å²) in [5.74, 6) is 0. The fourth-order valence-corrected chi connectivity index (χ4v) is 1.62. The van der Waals surface area contributed by atoms with Crippen molar-refractivity contribution < 1.29 is 0 Å². The summed E-state index contributed by atoms with van der Waals surface area (Å²) < 4.78 is 0. The SMILES string of the molecule is CCN(CC)C(C)C.CCN(CC)CC. The molecule has 0 amide bonds. The molecule has 2 nitrogen and oxygen atoms in total. The van der Waals surface area contributed by atoms with E-state index < -0.39 is 0 Å². The van der Waals surface area contributed by atoms with Crippen molar-refractivity contribution >= 4 is 0 Å². The smallest absolute Gasteiger partial charge is 0.00383 e. The molecule has 0 rings (SSSR count). The summed E-state index contributed by atoms with van der Waals surface area (Å²) in [6, 6.07) is 0.713. The lowest BCUT2D eigenvalue weighted by Crippen LogP contribution is -2.29. The van der Waals surface area contributed by atoms with Crippen LogP contribution in [0, 0.1) is 0 Å². The Balaban J connectivity index is 0. The maximum absolute atomic E-state index is 2.42. The van der Waals surface area contributed by atoms with E-state index in [1.165, 1.54) is 32.7 Å². The largest absolute Gasteiger partial charge is 0.304 e. The molecule has 0 saturated heterocycles. The molecule has 0 unspecified atom stereocenters. The number of nitrogens with zero attached hydrogens (tertiary/aromatic N) is 2. The molecule has 15 heavy (non-hydrogen) atoms. The minimum absolute atomic E-state index is 0.713. The monoisotopic (exact) mass is 216 g/mol. The van der Waals surface area contributed by atoms with Crippen LogP contribution in [0.3, 0.4) is 0 Å². The van der Waals surface area contributed by atoms with Crippen molar-refractivity contribution in [1.29, 1.82) is 0 Å². The van der Waals surface area contributed by atoms with Gasteiger partial charge in [-0.2, -0.15) is 0 Å². The first-order valence-corrected chi connectivity index (χ1v) is 6.53. The second-order valence-corrected chi connectivity index (χ2v) is 3.93. The number of hydrogen-bond acceptors (Lipinski definition) is 2. The second-order valence-electron chi connectivity index (χ2n) is 3.93. The Morgan fingerprint density at radius 1 is 0.667 bits per heavy atom. The molecule has 0 N–H and O–H groups in total. The quantitative estimate of drug-likeness (QED) is 0.673. The van der Waals surface area contributed by atoms with Gasteiger partial charge in [0.1, 0.15) is 0 Å². The van der Waals surface area contributed by atoms with Crippen LogP contribution in [0.4, 0.5) is 0 Å². The van der Waals surface area contributed by atoms with E-state index in [1.807, 2.05) is 0 Å². The molecule has 0 bridgehead atoms.